The van der Waals surface area contributed by atoms with Gasteiger partial charge in [0.1, 0.15) is 19.7 Å². The van der Waals surface area contributed by atoms with Gasteiger partial charge in [-0.2, -0.15) is 0 Å². The lowest BCUT2D eigenvalue weighted by Crippen LogP contribution is -2.57. The summed E-state index contributed by atoms with van der Waals surface area (Å²) in [6.45, 7) is 6.48. The van der Waals surface area contributed by atoms with Gasteiger partial charge in [-0.05, 0) is 61.7 Å². The van der Waals surface area contributed by atoms with Crippen LogP contribution >= 0.6 is 0 Å². The van der Waals surface area contributed by atoms with E-state index in [2.05, 4.69) is 20.8 Å². The average molecular weight is 300 g/mol. The third-order valence-corrected chi connectivity index (χ3v) is 12.0. The second kappa shape index (κ2) is 3.55. The number of hydrogen-bond acceptors (Lipinski definition) is 2. The summed E-state index contributed by atoms with van der Waals surface area (Å²) in [6.07, 6.45) is 7.77. The van der Waals surface area contributed by atoms with E-state index < -0.39 is 23.7 Å². The van der Waals surface area contributed by atoms with Crippen LogP contribution in [0, 0.1) is 28.6 Å². The van der Waals surface area contributed by atoms with E-state index in [4.69, 9.17) is 0 Å². The molecule has 0 aromatic carbocycles. The molecule has 5 rings (SSSR count). The van der Waals surface area contributed by atoms with E-state index in [0.29, 0.717) is 0 Å². The number of hydrogen-bond donors (Lipinski definition) is 0. The van der Waals surface area contributed by atoms with Crippen LogP contribution < -0.4 is 0 Å². The van der Waals surface area contributed by atoms with Crippen molar-refractivity contribution in [2.75, 3.05) is 0 Å². The van der Waals surface area contributed by atoms with Crippen LogP contribution in [0.2, 0.25) is 0 Å². The van der Waals surface area contributed by atoms with Gasteiger partial charge in [-0.3, -0.25) is 0 Å². The zero-order valence-corrected chi connectivity index (χ0v) is 13.7. The van der Waals surface area contributed by atoms with Crippen molar-refractivity contribution in [3.05, 3.63) is 0 Å². The van der Waals surface area contributed by atoms with E-state index in [0.717, 1.165) is 17.8 Å². The lowest BCUT2D eigenvalue weighted by molar-refractivity contribution is -0.0738. The van der Waals surface area contributed by atoms with Crippen LogP contribution in [-0.2, 0) is 19.7 Å². The molecule has 2 atom stereocenters. The first-order valence-electron chi connectivity index (χ1n) is 7.64. The Labute approximate surface area is 120 Å². The molecule has 4 aliphatic carbocycles. The van der Waals surface area contributed by atoms with Crippen molar-refractivity contribution in [1.82, 2.24) is 0 Å². The molecule has 2 nitrogen and oxygen atoms in total. The van der Waals surface area contributed by atoms with Crippen LogP contribution in [0.15, 0.2) is 0 Å². The van der Waals surface area contributed by atoms with Gasteiger partial charge in [0, 0.05) is 5.41 Å². The lowest BCUT2D eigenvalue weighted by Gasteiger charge is -2.60. The van der Waals surface area contributed by atoms with Gasteiger partial charge in [0.25, 0.3) is 0 Å². The standard InChI is InChI=1S/C15H24O2S2/c1-13(2,3)15(18(16)19(15)17)14-7-10-4-11(8-14)6-12(5-10)9-14/h10-12H,4-9H2,1-3H3. The fraction of sp³-hybridized carbons (Fsp3) is 1.00. The first kappa shape index (κ1) is 13.0. The molecule has 0 aromatic heterocycles. The average Bonchev–Trinajstić information content (AvgIpc) is 2.80. The van der Waals surface area contributed by atoms with E-state index in [1.165, 1.54) is 38.5 Å². The minimum Gasteiger partial charge on any atom is -0.244 e. The van der Waals surface area contributed by atoms with Gasteiger partial charge in [-0.25, -0.2) is 8.42 Å². The SMILES string of the molecule is CC(C)(C)C1(C23CC4CC(CC(C4)C2)C3)S(=O)S1=O. The second-order valence-electron chi connectivity index (χ2n) is 8.53. The second-order valence-corrected chi connectivity index (χ2v) is 12.8. The minimum atomic E-state index is -1.11. The van der Waals surface area contributed by atoms with E-state index in [9.17, 15) is 8.42 Å². The molecule has 0 radical (unpaired) electrons. The van der Waals surface area contributed by atoms with Gasteiger partial charge < -0.3 is 0 Å². The Morgan fingerprint density at radius 3 is 1.47 bits per heavy atom. The van der Waals surface area contributed by atoms with Gasteiger partial charge in [0.05, 0.1) is 0 Å². The molecule has 4 heteroatoms. The maximum absolute atomic E-state index is 12.5. The molecular formula is C15H24O2S2. The molecule has 0 aromatic rings. The van der Waals surface area contributed by atoms with Crippen molar-refractivity contribution in [3.63, 3.8) is 0 Å². The number of rotatable bonds is 1. The van der Waals surface area contributed by atoms with Crippen molar-refractivity contribution in [2.45, 2.75) is 63.4 Å². The van der Waals surface area contributed by atoms with Gasteiger partial charge in [0.2, 0.25) is 0 Å². The fourth-order valence-corrected chi connectivity index (χ4v) is 12.8. The highest BCUT2D eigenvalue weighted by atomic mass is 33.2. The molecule has 1 aliphatic heterocycles. The maximum Gasteiger partial charge on any atom is 0.156 e. The van der Waals surface area contributed by atoms with Crippen molar-refractivity contribution in [2.24, 2.45) is 28.6 Å². The lowest BCUT2D eigenvalue weighted by atomic mass is 9.47. The first-order valence-corrected chi connectivity index (χ1v) is 10.5. The predicted octanol–water partition coefficient (Wildman–Crippen LogP) is 3.37. The Hall–Kier alpha value is 0.300. The Kier molecular flexibility index (Phi) is 2.43. The van der Waals surface area contributed by atoms with Crippen LogP contribution in [0.1, 0.15) is 59.3 Å². The van der Waals surface area contributed by atoms with E-state index in [-0.39, 0.29) is 10.8 Å². The molecule has 4 saturated carbocycles. The van der Waals surface area contributed by atoms with Crippen molar-refractivity contribution >= 4 is 19.7 Å². The Bertz CT molecular complexity index is 440. The summed E-state index contributed by atoms with van der Waals surface area (Å²) in [5.41, 5.74) is 0.0319. The molecular weight excluding hydrogens is 276 g/mol. The molecule has 2 unspecified atom stereocenters. The van der Waals surface area contributed by atoms with E-state index >= 15 is 0 Å². The van der Waals surface area contributed by atoms with Crippen molar-refractivity contribution < 1.29 is 8.42 Å². The van der Waals surface area contributed by atoms with E-state index in [1.807, 2.05) is 0 Å². The van der Waals surface area contributed by atoms with Gasteiger partial charge >= 0.3 is 0 Å². The molecule has 0 amide bonds. The molecule has 5 fully saturated rings. The summed E-state index contributed by atoms with van der Waals surface area (Å²) in [5, 5.41) is 0. The largest absolute Gasteiger partial charge is 0.244 e. The Balaban J connectivity index is 1.83. The molecule has 19 heavy (non-hydrogen) atoms. The normalized spacial score (nSPS) is 59.4. The maximum atomic E-state index is 12.5. The summed E-state index contributed by atoms with van der Waals surface area (Å²) in [6, 6.07) is 0. The van der Waals surface area contributed by atoms with Crippen LogP contribution in [0.4, 0.5) is 0 Å². The quantitative estimate of drug-likeness (QED) is 0.549. The highest BCUT2D eigenvalue weighted by Crippen LogP contribution is 2.74. The summed E-state index contributed by atoms with van der Waals surface area (Å²) < 4.78 is 24.6. The fourth-order valence-electron chi connectivity index (χ4n) is 6.31. The molecule has 4 bridgehead atoms. The molecule has 0 spiro atoms. The highest BCUT2D eigenvalue weighted by Gasteiger charge is 2.80. The zero-order chi connectivity index (χ0) is 13.6. The van der Waals surface area contributed by atoms with Crippen LogP contribution in [-0.4, -0.2) is 12.5 Å². The van der Waals surface area contributed by atoms with Gasteiger partial charge in [-0.1, -0.05) is 20.8 Å². The third kappa shape index (κ3) is 1.38. The summed E-state index contributed by atoms with van der Waals surface area (Å²) >= 11 is 0. The molecule has 5 aliphatic rings. The Morgan fingerprint density at radius 2 is 1.21 bits per heavy atom. The van der Waals surface area contributed by atoms with Crippen LogP contribution in [0.5, 0.6) is 0 Å². The van der Waals surface area contributed by atoms with Gasteiger partial charge in [-0.15, -0.1) is 0 Å². The summed E-state index contributed by atoms with van der Waals surface area (Å²) in [4.78, 5) is 0. The van der Waals surface area contributed by atoms with Crippen LogP contribution in [0.3, 0.4) is 0 Å². The summed E-state index contributed by atoms with van der Waals surface area (Å²) in [5.74, 6) is 2.50. The van der Waals surface area contributed by atoms with Gasteiger partial charge in [0.15, 0.2) is 4.08 Å². The summed E-state index contributed by atoms with van der Waals surface area (Å²) in [7, 11) is -2.22. The Morgan fingerprint density at radius 1 is 0.842 bits per heavy atom. The molecule has 108 valence electrons. The highest BCUT2D eigenvalue weighted by molar-refractivity contribution is 8.78. The predicted molar refractivity (Wildman–Crippen MR) is 79.1 cm³/mol. The zero-order valence-electron chi connectivity index (χ0n) is 12.1. The molecule has 1 saturated heterocycles. The minimum absolute atomic E-state index is 0.103. The topological polar surface area (TPSA) is 34.1 Å². The van der Waals surface area contributed by atoms with Crippen molar-refractivity contribution in [1.29, 1.82) is 0 Å². The monoisotopic (exact) mass is 300 g/mol. The van der Waals surface area contributed by atoms with E-state index in [1.54, 1.807) is 0 Å². The third-order valence-electron chi connectivity index (χ3n) is 6.30. The molecule has 1 heterocycles. The van der Waals surface area contributed by atoms with Crippen molar-refractivity contribution in [3.8, 4) is 0 Å². The van der Waals surface area contributed by atoms with Crippen LogP contribution in [0.25, 0.3) is 0 Å². The molecule has 0 N–H and O–H groups in total. The first-order chi connectivity index (χ1) is 8.80. The smallest absolute Gasteiger partial charge is 0.156 e.